The molecule has 1 aliphatic carbocycles. The third-order valence-corrected chi connectivity index (χ3v) is 8.13. The van der Waals surface area contributed by atoms with Gasteiger partial charge in [0, 0.05) is 39.6 Å². The SMILES string of the molecule is CCOC(=O)C1=C(N)N(c2nc(-c3ccccc3)cs2)C2=C(C(=O)CCC2)C1c1cc2cc(C)ccc2nc1F. The Bertz CT molecular complexity index is 1730. The molecule has 0 amide bonds. The molecule has 0 bridgehead atoms. The van der Waals surface area contributed by atoms with E-state index in [0.717, 1.165) is 16.8 Å². The number of esters is 1. The number of fused-ring (bicyclic) bond motifs is 1. The lowest BCUT2D eigenvalue weighted by molar-refractivity contribution is -0.138. The van der Waals surface area contributed by atoms with Crippen molar-refractivity contribution in [2.24, 2.45) is 5.73 Å². The summed E-state index contributed by atoms with van der Waals surface area (Å²) in [6, 6.07) is 16.9. The largest absolute Gasteiger partial charge is 0.463 e. The molecule has 2 N–H and O–H groups in total. The number of Topliss-reactive ketones (excluding diaryl/α,β-unsaturated/α-hetero) is 1. The second-order valence-electron chi connectivity index (χ2n) is 9.87. The molecule has 3 heterocycles. The van der Waals surface area contributed by atoms with Crippen molar-refractivity contribution in [3.8, 4) is 11.3 Å². The summed E-state index contributed by atoms with van der Waals surface area (Å²) in [4.78, 5) is 37.8. The Kier molecular flexibility index (Phi) is 6.67. The number of ketones is 1. The van der Waals surface area contributed by atoms with Crippen LogP contribution in [0.25, 0.3) is 22.2 Å². The number of anilines is 1. The minimum atomic E-state index is -1.05. The summed E-state index contributed by atoms with van der Waals surface area (Å²) in [5.74, 6) is -2.59. The first-order valence-corrected chi connectivity index (χ1v) is 14.1. The van der Waals surface area contributed by atoms with Crippen LogP contribution in [-0.4, -0.2) is 28.3 Å². The van der Waals surface area contributed by atoms with Crippen LogP contribution in [0.1, 0.15) is 43.2 Å². The molecule has 0 radical (unpaired) electrons. The highest BCUT2D eigenvalue weighted by molar-refractivity contribution is 7.14. The second kappa shape index (κ2) is 10.3. The fraction of sp³-hybridized carbons (Fsp3) is 0.226. The van der Waals surface area contributed by atoms with Crippen molar-refractivity contribution in [2.75, 3.05) is 11.5 Å². The lowest BCUT2D eigenvalue weighted by Gasteiger charge is -2.39. The fourth-order valence-electron chi connectivity index (χ4n) is 5.53. The number of carbonyl (C=O) groups excluding carboxylic acids is 2. The van der Waals surface area contributed by atoms with Gasteiger partial charge in [-0.1, -0.05) is 42.0 Å². The van der Waals surface area contributed by atoms with E-state index < -0.39 is 17.8 Å². The number of nitrogens with zero attached hydrogens (tertiary/aromatic N) is 3. The van der Waals surface area contributed by atoms with E-state index in [4.69, 9.17) is 15.5 Å². The molecular weight excluding hydrogens is 527 g/mol. The van der Waals surface area contributed by atoms with Gasteiger partial charge in [0.25, 0.3) is 0 Å². The lowest BCUT2D eigenvalue weighted by Crippen LogP contribution is -2.41. The molecule has 0 spiro atoms. The predicted octanol–water partition coefficient (Wildman–Crippen LogP) is 6.15. The van der Waals surface area contributed by atoms with Gasteiger partial charge in [-0.3, -0.25) is 9.69 Å². The normalized spacial score (nSPS) is 17.4. The summed E-state index contributed by atoms with van der Waals surface area (Å²) in [5.41, 5.74) is 11.0. The van der Waals surface area contributed by atoms with Crippen LogP contribution in [-0.2, 0) is 14.3 Å². The number of carbonyl (C=O) groups is 2. The summed E-state index contributed by atoms with van der Waals surface area (Å²) >= 11 is 1.36. The average molecular weight is 555 g/mol. The number of thiazole rings is 1. The molecule has 9 heteroatoms. The van der Waals surface area contributed by atoms with Crippen molar-refractivity contribution < 1.29 is 18.7 Å². The Labute approximate surface area is 234 Å². The zero-order chi connectivity index (χ0) is 28.0. The molecule has 2 aromatic heterocycles. The topological polar surface area (TPSA) is 98.4 Å². The standard InChI is InChI=1S/C31H27FN4O3S/c1-3-39-30(38)27-25(20-15-19-14-17(2)12-13-21(19)34-28(20)32)26-23(10-7-11-24(26)37)36(29(27)33)31-35-22(16-40-31)18-8-5-4-6-9-18/h4-6,8-9,12-16,25H,3,7,10-11,33H2,1-2H3. The number of benzene rings is 2. The summed E-state index contributed by atoms with van der Waals surface area (Å²) in [6.07, 6.45) is 1.42. The third-order valence-electron chi connectivity index (χ3n) is 7.30. The van der Waals surface area contributed by atoms with Crippen LogP contribution in [0.2, 0.25) is 0 Å². The van der Waals surface area contributed by atoms with E-state index in [2.05, 4.69) is 4.98 Å². The number of hydrogen-bond donors (Lipinski definition) is 1. The van der Waals surface area contributed by atoms with Crippen molar-refractivity contribution in [1.29, 1.82) is 0 Å². The van der Waals surface area contributed by atoms with Gasteiger partial charge < -0.3 is 10.5 Å². The number of halogens is 1. The zero-order valence-electron chi connectivity index (χ0n) is 22.1. The number of aromatic nitrogens is 2. The molecule has 0 fully saturated rings. The van der Waals surface area contributed by atoms with Crippen molar-refractivity contribution in [3.63, 3.8) is 0 Å². The molecule has 7 nitrogen and oxygen atoms in total. The van der Waals surface area contributed by atoms with Gasteiger partial charge in [-0.25, -0.2) is 14.8 Å². The Morgan fingerprint density at radius 2 is 1.95 bits per heavy atom. The number of allylic oxidation sites excluding steroid dienone is 2. The lowest BCUT2D eigenvalue weighted by atomic mass is 9.75. The minimum Gasteiger partial charge on any atom is -0.463 e. The highest BCUT2D eigenvalue weighted by Gasteiger charge is 2.45. The van der Waals surface area contributed by atoms with E-state index in [0.29, 0.717) is 40.1 Å². The molecule has 202 valence electrons. The van der Waals surface area contributed by atoms with Crippen molar-refractivity contribution in [1.82, 2.24) is 9.97 Å². The van der Waals surface area contributed by atoms with E-state index >= 15 is 4.39 Å². The Morgan fingerprint density at radius 1 is 1.15 bits per heavy atom. The predicted molar refractivity (Wildman–Crippen MR) is 153 cm³/mol. The average Bonchev–Trinajstić information content (AvgIpc) is 3.43. The summed E-state index contributed by atoms with van der Waals surface area (Å²) in [6.45, 7) is 3.72. The monoisotopic (exact) mass is 554 g/mol. The van der Waals surface area contributed by atoms with Gasteiger partial charge in [0.1, 0.15) is 5.82 Å². The van der Waals surface area contributed by atoms with E-state index in [9.17, 15) is 9.59 Å². The zero-order valence-corrected chi connectivity index (χ0v) is 22.9. The van der Waals surface area contributed by atoms with Crippen LogP contribution in [0.15, 0.2) is 82.6 Å². The molecule has 4 aromatic rings. The van der Waals surface area contributed by atoms with E-state index in [-0.39, 0.29) is 35.8 Å². The summed E-state index contributed by atoms with van der Waals surface area (Å²) in [7, 11) is 0. The first-order chi connectivity index (χ1) is 19.4. The van der Waals surface area contributed by atoms with Gasteiger partial charge in [-0.05, 0) is 44.9 Å². The van der Waals surface area contributed by atoms with Crippen LogP contribution in [0.3, 0.4) is 0 Å². The molecule has 40 heavy (non-hydrogen) atoms. The van der Waals surface area contributed by atoms with Crippen LogP contribution in [0.5, 0.6) is 0 Å². The van der Waals surface area contributed by atoms with Crippen LogP contribution >= 0.6 is 11.3 Å². The molecule has 2 aromatic carbocycles. The maximum absolute atomic E-state index is 15.8. The van der Waals surface area contributed by atoms with Crippen molar-refractivity contribution >= 4 is 39.1 Å². The molecule has 0 saturated carbocycles. The molecule has 0 saturated heterocycles. The molecule has 1 unspecified atom stereocenters. The minimum absolute atomic E-state index is 0.0139. The quantitative estimate of drug-likeness (QED) is 0.233. The summed E-state index contributed by atoms with van der Waals surface area (Å²) in [5, 5.41) is 3.14. The Hall–Kier alpha value is -4.37. The van der Waals surface area contributed by atoms with Gasteiger partial charge in [-0.2, -0.15) is 4.39 Å². The maximum Gasteiger partial charge on any atom is 0.338 e. The second-order valence-corrected chi connectivity index (χ2v) is 10.7. The van der Waals surface area contributed by atoms with Gasteiger partial charge in [0.05, 0.1) is 29.3 Å². The highest BCUT2D eigenvalue weighted by Crippen LogP contribution is 2.48. The summed E-state index contributed by atoms with van der Waals surface area (Å²) < 4.78 is 21.2. The number of hydrogen-bond acceptors (Lipinski definition) is 8. The van der Waals surface area contributed by atoms with Crippen molar-refractivity contribution in [3.05, 3.63) is 99.7 Å². The van der Waals surface area contributed by atoms with Crippen molar-refractivity contribution in [2.45, 2.75) is 39.0 Å². The molecule has 1 atom stereocenters. The molecule has 1 aliphatic heterocycles. The molecular formula is C31H27FN4O3S. The van der Waals surface area contributed by atoms with Crippen LogP contribution in [0.4, 0.5) is 9.52 Å². The van der Waals surface area contributed by atoms with Gasteiger partial charge in [0.15, 0.2) is 10.9 Å². The number of pyridine rings is 1. The number of rotatable bonds is 5. The van der Waals surface area contributed by atoms with E-state index in [1.54, 1.807) is 24.0 Å². The number of ether oxygens (including phenoxy) is 1. The van der Waals surface area contributed by atoms with Crippen LogP contribution in [0, 0.1) is 12.9 Å². The fourth-order valence-corrected chi connectivity index (χ4v) is 6.40. The molecule has 2 aliphatic rings. The first-order valence-electron chi connectivity index (χ1n) is 13.2. The van der Waals surface area contributed by atoms with Gasteiger partial charge in [0.2, 0.25) is 5.95 Å². The Morgan fingerprint density at radius 3 is 2.73 bits per heavy atom. The number of aryl methyl sites for hydroxylation is 1. The van der Waals surface area contributed by atoms with E-state index in [1.165, 1.54) is 11.3 Å². The smallest absolute Gasteiger partial charge is 0.338 e. The van der Waals surface area contributed by atoms with Gasteiger partial charge >= 0.3 is 5.97 Å². The maximum atomic E-state index is 15.8. The highest BCUT2D eigenvalue weighted by atomic mass is 32.1. The Balaban J connectivity index is 1.58. The third kappa shape index (κ3) is 4.36. The van der Waals surface area contributed by atoms with E-state index in [1.807, 2.05) is 54.8 Å². The van der Waals surface area contributed by atoms with Gasteiger partial charge in [-0.15, -0.1) is 11.3 Å². The van der Waals surface area contributed by atoms with Crippen LogP contribution < -0.4 is 10.6 Å². The first kappa shape index (κ1) is 25.9. The molecule has 6 rings (SSSR count). The number of nitrogens with two attached hydrogens (primary N) is 1.